The number of ether oxygens (including phenoxy) is 1. The Bertz CT molecular complexity index is 1080. The molecule has 0 aromatic heterocycles. The Morgan fingerprint density at radius 1 is 1.15 bits per heavy atom. The summed E-state index contributed by atoms with van der Waals surface area (Å²) >= 11 is 0. The van der Waals surface area contributed by atoms with E-state index in [1.807, 2.05) is 13.8 Å². The molecule has 3 rings (SSSR count). The van der Waals surface area contributed by atoms with Crippen LogP contribution in [0.4, 0.5) is 0 Å². The SMILES string of the molecule is CC1=C(C/C=C2/C(=O)OC[C@H]2O)[C@]2(C)CC[C@@H](OS(=O)(=O)O)[C@@](C)(COS(=O)(=O)O)C2CC1.[K+]. The first-order valence-electron chi connectivity index (χ1n) is 10.6. The topological polar surface area (TPSA) is 174 Å². The molecule has 0 radical (unpaired) electrons. The van der Waals surface area contributed by atoms with Gasteiger partial charge in [-0.3, -0.25) is 9.11 Å². The number of hydrogen-bond acceptors (Lipinski definition) is 9. The van der Waals surface area contributed by atoms with Gasteiger partial charge in [-0.05, 0) is 50.4 Å². The number of cyclic esters (lactones) is 1. The fraction of sp³-hybridized carbons (Fsp3) is 0.750. The van der Waals surface area contributed by atoms with Crippen LogP contribution >= 0.6 is 0 Å². The molecule has 2 fully saturated rings. The van der Waals surface area contributed by atoms with Gasteiger partial charge in [0.1, 0.15) is 12.7 Å². The molecule has 11 nitrogen and oxygen atoms in total. The van der Waals surface area contributed by atoms with Gasteiger partial charge in [0.15, 0.2) is 0 Å². The third-order valence-electron chi connectivity index (χ3n) is 7.49. The second-order valence-corrected chi connectivity index (χ2v) is 11.6. The summed E-state index contributed by atoms with van der Waals surface area (Å²) in [6.45, 7) is 4.91. The van der Waals surface area contributed by atoms with Crippen LogP contribution in [0.1, 0.15) is 52.9 Å². The third-order valence-corrected chi connectivity index (χ3v) is 8.38. The fourth-order valence-electron chi connectivity index (χ4n) is 5.90. The second-order valence-electron chi connectivity index (χ2n) is 9.49. The smallest absolute Gasteiger partial charge is 0.459 e. The Balaban J connectivity index is 0.00000408. The molecule has 5 atom stereocenters. The molecule has 0 aromatic carbocycles. The predicted octanol–water partition coefficient (Wildman–Crippen LogP) is -1.24. The maximum absolute atomic E-state index is 11.9. The van der Waals surface area contributed by atoms with E-state index in [0.29, 0.717) is 25.7 Å². The normalized spacial score (nSPS) is 35.6. The van der Waals surface area contributed by atoms with Crippen molar-refractivity contribution in [2.75, 3.05) is 13.2 Å². The predicted molar refractivity (Wildman–Crippen MR) is 114 cm³/mol. The van der Waals surface area contributed by atoms with E-state index in [0.717, 1.165) is 11.1 Å². The minimum atomic E-state index is -4.83. The number of aliphatic hydroxyl groups is 1. The van der Waals surface area contributed by atoms with Gasteiger partial charge in [0.25, 0.3) is 0 Å². The largest absolute Gasteiger partial charge is 1.00 e. The van der Waals surface area contributed by atoms with Gasteiger partial charge in [0, 0.05) is 5.41 Å². The molecule has 1 saturated heterocycles. The Kier molecular flexibility index (Phi) is 9.83. The van der Waals surface area contributed by atoms with Crippen molar-refractivity contribution in [1.29, 1.82) is 0 Å². The average Bonchev–Trinajstić information content (AvgIpc) is 2.99. The van der Waals surface area contributed by atoms with E-state index in [4.69, 9.17) is 17.7 Å². The molecular formula is C20H30KO11S2+. The van der Waals surface area contributed by atoms with Crippen LogP contribution in [-0.4, -0.2) is 62.4 Å². The first-order chi connectivity index (χ1) is 15.1. The zero-order chi connectivity index (χ0) is 24.8. The minimum absolute atomic E-state index is 0. The molecule has 1 heterocycles. The molecule has 0 bridgehead atoms. The number of rotatable bonds is 7. The van der Waals surface area contributed by atoms with E-state index in [2.05, 4.69) is 0 Å². The van der Waals surface area contributed by atoms with Gasteiger partial charge < -0.3 is 9.84 Å². The number of fused-ring (bicyclic) bond motifs is 1. The Morgan fingerprint density at radius 2 is 1.79 bits per heavy atom. The number of carbonyl (C=O) groups is 1. The Hall–Kier alpha value is 0.286. The molecule has 3 aliphatic rings. The number of esters is 1. The van der Waals surface area contributed by atoms with E-state index >= 15 is 0 Å². The van der Waals surface area contributed by atoms with Gasteiger partial charge in [-0.15, -0.1) is 0 Å². The summed E-state index contributed by atoms with van der Waals surface area (Å²) in [4.78, 5) is 11.9. The maximum atomic E-state index is 11.9. The van der Waals surface area contributed by atoms with Crippen LogP contribution in [0, 0.1) is 16.7 Å². The fourth-order valence-corrected chi connectivity index (χ4v) is 6.91. The summed E-state index contributed by atoms with van der Waals surface area (Å²) < 4.78 is 78.6. The summed E-state index contributed by atoms with van der Waals surface area (Å²) in [5.74, 6) is -0.917. The number of aliphatic hydroxyl groups excluding tert-OH is 1. The van der Waals surface area contributed by atoms with Gasteiger partial charge >= 0.3 is 78.2 Å². The zero-order valence-corrected chi connectivity index (χ0v) is 24.4. The first-order valence-corrected chi connectivity index (χ1v) is 13.3. The van der Waals surface area contributed by atoms with Crippen LogP contribution in [0.25, 0.3) is 0 Å². The van der Waals surface area contributed by atoms with Crippen molar-refractivity contribution in [3.63, 3.8) is 0 Å². The van der Waals surface area contributed by atoms with Crippen molar-refractivity contribution in [3.05, 3.63) is 22.8 Å². The molecule has 2 aliphatic carbocycles. The molecule has 0 spiro atoms. The summed E-state index contributed by atoms with van der Waals surface area (Å²) in [5, 5.41) is 10.00. The summed E-state index contributed by atoms with van der Waals surface area (Å²) in [7, 11) is -9.64. The van der Waals surface area contributed by atoms with E-state index in [9.17, 15) is 31.3 Å². The number of hydrogen-bond donors (Lipinski definition) is 3. The van der Waals surface area contributed by atoms with Crippen molar-refractivity contribution in [2.24, 2.45) is 16.7 Å². The summed E-state index contributed by atoms with van der Waals surface area (Å²) in [6.07, 6.45) is 1.70. The van der Waals surface area contributed by atoms with Crippen LogP contribution in [0.15, 0.2) is 22.8 Å². The third kappa shape index (κ3) is 6.58. The summed E-state index contributed by atoms with van der Waals surface area (Å²) in [5.41, 5.74) is 0.495. The standard InChI is InChI=1S/C20H30O11S2.K/c1-12-4-7-16-19(2,14(12)6-5-13-15(21)10-29-18(13)22)9-8-17(31-33(26,27)28)20(16,3)11-30-32(23,24)25;/h5,15-17,21H,4,6-11H2,1-3H3,(H,23,24,25)(H,26,27,28);/q;+1/b13-5+;/t15-,16?,17-,19+,20+;/m1./s1. The molecule has 188 valence electrons. The molecular weight excluding hydrogens is 519 g/mol. The average molecular weight is 550 g/mol. The monoisotopic (exact) mass is 549 g/mol. The number of carbonyl (C=O) groups excluding carboxylic acids is 1. The van der Waals surface area contributed by atoms with Crippen LogP contribution < -0.4 is 51.4 Å². The Morgan fingerprint density at radius 3 is 2.32 bits per heavy atom. The van der Waals surface area contributed by atoms with Crippen molar-refractivity contribution in [1.82, 2.24) is 0 Å². The minimum Gasteiger partial charge on any atom is -0.459 e. The van der Waals surface area contributed by atoms with Crippen molar-refractivity contribution >= 4 is 26.8 Å². The van der Waals surface area contributed by atoms with Crippen LogP contribution in [-0.2, 0) is 38.7 Å². The molecule has 3 N–H and O–H groups in total. The first kappa shape index (κ1) is 30.5. The molecule has 34 heavy (non-hydrogen) atoms. The van der Waals surface area contributed by atoms with E-state index in [-0.39, 0.29) is 75.9 Å². The molecule has 14 heteroatoms. The van der Waals surface area contributed by atoms with Gasteiger partial charge in [-0.1, -0.05) is 31.1 Å². The maximum Gasteiger partial charge on any atom is 1.00 e. The van der Waals surface area contributed by atoms with Crippen molar-refractivity contribution < 1.29 is 100 Å². The van der Waals surface area contributed by atoms with Crippen molar-refractivity contribution in [2.45, 2.75) is 65.1 Å². The van der Waals surface area contributed by atoms with Gasteiger partial charge in [0.2, 0.25) is 0 Å². The zero-order valence-electron chi connectivity index (χ0n) is 19.7. The molecule has 1 aliphatic heterocycles. The van der Waals surface area contributed by atoms with E-state index < -0.39 is 56.4 Å². The molecule has 1 saturated carbocycles. The van der Waals surface area contributed by atoms with Crippen molar-refractivity contribution in [3.8, 4) is 0 Å². The van der Waals surface area contributed by atoms with Crippen LogP contribution in [0.5, 0.6) is 0 Å². The molecule has 1 unspecified atom stereocenters. The summed E-state index contributed by atoms with van der Waals surface area (Å²) in [6, 6.07) is 0. The van der Waals surface area contributed by atoms with Crippen LogP contribution in [0.2, 0.25) is 0 Å². The Labute approximate surface area is 242 Å². The second kappa shape index (κ2) is 11.0. The van der Waals surface area contributed by atoms with E-state index in [1.54, 1.807) is 13.0 Å². The number of allylic oxidation sites excluding steroid dienone is 3. The molecule has 0 amide bonds. The van der Waals surface area contributed by atoms with Gasteiger partial charge in [0.05, 0.1) is 18.3 Å². The van der Waals surface area contributed by atoms with E-state index in [1.165, 1.54) is 0 Å². The molecule has 0 aromatic rings. The van der Waals surface area contributed by atoms with Gasteiger partial charge in [-0.2, -0.15) is 16.8 Å². The van der Waals surface area contributed by atoms with Crippen LogP contribution in [0.3, 0.4) is 0 Å². The quantitative estimate of drug-likeness (QED) is 0.114. The van der Waals surface area contributed by atoms with Gasteiger partial charge in [-0.25, -0.2) is 13.2 Å².